The first kappa shape index (κ1) is 12.6. The largest absolute Gasteiger partial charge is 0.364 e. The van der Waals surface area contributed by atoms with E-state index in [0.29, 0.717) is 0 Å². The summed E-state index contributed by atoms with van der Waals surface area (Å²) in [6.07, 6.45) is 0. The van der Waals surface area contributed by atoms with E-state index in [1.807, 2.05) is 11.8 Å². The van der Waals surface area contributed by atoms with Crippen molar-refractivity contribution in [2.45, 2.75) is 6.92 Å². The molecule has 2 heterocycles. The predicted molar refractivity (Wildman–Crippen MR) is 75.7 cm³/mol. The van der Waals surface area contributed by atoms with Crippen molar-refractivity contribution in [3.63, 3.8) is 0 Å². The van der Waals surface area contributed by atoms with Crippen molar-refractivity contribution < 1.29 is 0 Å². The molecule has 0 saturated carbocycles. The summed E-state index contributed by atoms with van der Waals surface area (Å²) in [6, 6.07) is 0. The number of nitrogens with zero attached hydrogens (tertiary/aromatic N) is 2. The van der Waals surface area contributed by atoms with Gasteiger partial charge in [-0.2, -0.15) is 11.8 Å². The van der Waals surface area contributed by atoms with Crippen LogP contribution in [0.1, 0.15) is 6.92 Å². The smallest absolute Gasteiger partial charge is 0.156 e. The third-order valence-corrected chi connectivity index (χ3v) is 5.08. The minimum absolute atomic E-state index is 0.745. The van der Waals surface area contributed by atoms with Gasteiger partial charge in [-0.05, 0) is 5.92 Å². The van der Waals surface area contributed by atoms with Crippen molar-refractivity contribution in [3.05, 3.63) is 0 Å². The Morgan fingerprint density at radius 3 is 2.94 bits per heavy atom. The van der Waals surface area contributed by atoms with Gasteiger partial charge in [-0.3, -0.25) is 9.89 Å². The minimum atomic E-state index is 0.745. The van der Waals surface area contributed by atoms with Gasteiger partial charge in [-0.1, -0.05) is 18.7 Å². The first-order valence-corrected chi connectivity index (χ1v) is 8.20. The van der Waals surface area contributed by atoms with Gasteiger partial charge in [0, 0.05) is 50.0 Å². The molecule has 0 radical (unpaired) electrons. The van der Waals surface area contributed by atoms with Crippen LogP contribution in [0.15, 0.2) is 4.99 Å². The Morgan fingerprint density at radius 1 is 1.44 bits per heavy atom. The van der Waals surface area contributed by atoms with Crippen LogP contribution in [-0.2, 0) is 0 Å². The van der Waals surface area contributed by atoms with E-state index in [1.165, 1.54) is 30.3 Å². The maximum Gasteiger partial charge on any atom is 0.156 e. The van der Waals surface area contributed by atoms with Crippen LogP contribution in [0.25, 0.3) is 0 Å². The van der Waals surface area contributed by atoms with Gasteiger partial charge in [0.05, 0.1) is 0 Å². The lowest BCUT2D eigenvalue weighted by molar-refractivity contribution is 0.307. The molecule has 0 aromatic rings. The molecule has 92 valence electrons. The highest BCUT2D eigenvalue weighted by Crippen LogP contribution is 2.15. The highest BCUT2D eigenvalue weighted by atomic mass is 32.2. The first-order chi connectivity index (χ1) is 7.84. The zero-order valence-corrected chi connectivity index (χ0v) is 11.6. The average molecular weight is 259 g/mol. The number of thioether (sulfide) groups is 2. The number of hydrogen-bond acceptors (Lipinski definition) is 5. The zero-order chi connectivity index (χ0) is 11.2. The van der Waals surface area contributed by atoms with E-state index in [-0.39, 0.29) is 0 Å². The van der Waals surface area contributed by atoms with Crippen molar-refractivity contribution in [2.24, 2.45) is 10.9 Å². The van der Waals surface area contributed by atoms with Crippen molar-refractivity contribution in [1.82, 2.24) is 10.2 Å². The van der Waals surface area contributed by atoms with Crippen LogP contribution in [0.4, 0.5) is 0 Å². The second kappa shape index (κ2) is 6.77. The van der Waals surface area contributed by atoms with Crippen LogP contribution in [0.5, 0.6) is 0 Å². The van der Waals surface area contributed by atoms with Crippen LogP contribution >= 0.6 is 23.5 Å². The average Bonchev–Trinajstić information content (AvgIpc) is 2.33. The van der Waals surface area contributed by atoms with Gasteiger partial charge in [-0.15, -0.1) is 0 Å². The lowest BCUT2D eigenvalue weighted by Gasteiger charge is -2.26. The molecule has 0 bridgehead atoms. The molecule has 0 aromatic heterocycles. The molecule has 1 fully saturated rings. The Labute approximate surface area is 107 Å². The summed E-state index contributed by atoms with van der Waals surface area (Å²) in [5.74, 6) is 4.56. The van der Waals surface area contributed by atoms with E-state index in [2.05, 4.69) is 33.9 Å². The quantitative estimate of drug-likeness (QED) is 0.828. The number of rotatable bonds is 3. The number of nitrogens with one attached hydrogen (secondary N) is 1. The third kappa shape index (κ3) is 4.18. The van der Waals surface area contributed by atoms with E-state index in [0.717, 1.165) is 30.7 Å². The van der Waals surface area contributed by atoms with Crippen molar-refractivity contribution in [2.75, 3.05) is 50.0 Å². The van der Waals surface area contributed by atoms with E-state index in [1.54, 1.807) is 0 Å². The Bertz CT molecular complexity index is 239. The number of amidine groups is 1. The molecule has 0 spiro atoms. The number of aliphatic imine (C=N–C) groups is 1. The zero-order valence-electron chi connectivity index (χ0n) is 9.95. The fraction of sp³-hybridized carbons (Fsp3) is 0.909. The second-order valence-corrected chi connectivity index (χ2v) is 6.68. The van der Waals surface area contributed by atoms with Gasteiger partial charge in [-0.25, -0.2) is 0 Å². The van der Waals surface area contributed by atoms with Crippen LogP contribution in [-0.4, -0.2) is 60.0 Å². The molecule has 0 aromatic carbocycles. The van der Waals surface area contributed by atoms with E-state index >= 15 is 0 Å². The molecule has 2 aliphatic heterocycles. The summed E-state index contributed by atoms with van der Waals surface area (Å²) >= 11 is 3.94. The van der Waals surface area contributed by atoms with Gasteiger partial charge < -0.3 is 5.32 Å². The summed E-state index contributed by atoms with van der Waals surface area (Å²) in [5, 5.41) is 4.61. The van der Waals surface area contributed by atoms with E-state index in [9.17, 15) is 0 Å². The van der Waals surface area contributed by atoms with Crippen LogP contribution in [0.2, 0.25) is 0 Å². The summed E-state index contributed by atoms with van der Waals surface area (Å²) < 4.78 is 0. The van der Waals surface area contributed by atoms with E-state index in [4.69, 9.17) is 0 Å². The van der Waals surface area contributed by atoms with Crippen molar-refractivity contribution in [3.8, 4) is 0 Å². The lowest BCUT2D eigenvalue weighted by atomic mass is 10.2. The fourth-order valence-corrected chi connectivity index (χ4v) is 3.71. The van der Waals surface area contributed by atoms with Crippen LogP contribution in [0.3, 0.4) is 0 Å². The third-order valence-electron chi connectivity index (χ3n) is 2.86. The maximum atomic E-state index is 4.54. The van der Waals surface area contributed by atoms with Gasteiger partial charge in [0.15, 0.2) is 5.17 Å². The summed E-state index contributed by atoms with van der Waals surface area (Å²) in [5.41, 5.74) is 0. The topological polar surface area (TPSA) is 27.6 Å². The van der Waals surface area contributed by atoms with Crippen LogP contribution < -0.4 is 5.32 Å². The molecule has 1 atom stereocenters. The Morgan fingerprint density at radius 2 is 2.25 bits per heavy atom. The molecule has 1 unspecified atom stereocenters. The predicted octanol–water partition coefficient (Wildman–Crippen LogP) is 1.36. The molecule has 3 nitrogen and oxygen atoms in total. The van der Waals surface area contributed by atoms with Gasteiger partial charge >= 0.3 is 0 Å². The van der Waals surface area contributed by atoms with Crippen molar-refractivity contribution >= 4 is 28.7 Å². The van der Waals surface area contributed by atoms with Gasteiger partial charge in [0.1, 0.15) is 0 Å². The molecule has 1 saturated heterocycles. The molecular weight excluding hydrogens is 238 g/mol. The van der Waals surface area contributed by atoms with Crippen LogP contribution in [0, 0.1) is 5.92 Å². The summed E-state index contributed by atoms with van der Waals surface area (Å²) in [4.78, 5) is 7.08. The normalized spacial score (nSPS) is 27.6. The molecule has 0 amide bonds. The summed E-state index contributed by atoms with van der Waals surface area (Å²) in [6.45, 7) is 7.97. The second-order valence-electron chi connectivity index (χ2n) is 4.44. The van der Waals surface area contributed by atoms with Gasteiger partial charge in [0.2, 0.25) is 0 Å². The standard InChI is InChI=1S/C11H21N3S2/c1-10-8-13-11(16-9-10)12-2-3-14-4-6-15-7-5-14/h10H,2-9H2,1H3,(H,12,13). The Kier molecular flexibility index (Phi) is 5.32. The first-order valence-electron chi connectivity index (χ1n) is 6.06. The number of hydrogen-bond donors (Lipinski definition) is 1. The Hall–Kier alpha value is 0.130. The molecule has 2 rings (SSSR count). The highest BCUT2D eigenvalue weighted by molar-refractivity contribution is 8.13. The highest BCUT2D eigenvalue weighted by Gasteiger charge is 2.13. The SMILES string of the molecule is CC1CN=C(NCCN2CCSCC2)SC1. The lowest BCUT2D eigenvalue weighted by Crippen LogP contribution is -2.39. The van der Waals surface area contributed by atoms with Gasteiger partial charge in [0.25, 0.3) is 0 Å². The molecular formula is C11H21N3S2. The molecule has 2 aliphatic rings. The fourth-order valence-electron chi connectivity index (χ4n) is 1.81. The molecule has 1 N–H and O–H groups in total. The molecule has 16 heavy (non-hydrogen) atoms. The molecule has 5 heteroatoms. The Balaban J connectivity index is 1.60. The van der Waals surface area contributed by atoms with E-state index < -0.39 is 0 Å². The minimum Gasteiger partial charge on any atom is -0.364 e. The monoisotopic (exact) mass is 259 g/mol. The van der Waals surface area contributed by atoms with Crippen molar-refractivity contribution in [1.29, 1.82) is 0 Å². The maximum absolute atomic E-state index is 4.54. The molecule has 0 aliphatic carbocycles. The summed E-state index contributed by atoms with van der Waals surface area (Å²) in [7, 11) is 0.